The molecular weight excluding hydrogens is 460 g/mol. The number of carbonyl (C=O) groups excluding carboxylic acids is 1. The lowest BCUT2D eigenvalue weighted by Gasteiger charge is -2.51. The maximum absolute atomic E-state index is 13.6. The number of carbonyl (C=O) groups is 2. The van der Waals surface area contributed by atoms with Gasteiger partial charge in [-0.1, -0.05) is 6.42 Å². The Morgan fingerprint density at radius 1 is 1.25 bits per heavy atom. The Labute approximate surface area is 181 Å². The van der Waals surface area contributed by atoms with Crippen LogP contribution in [0.15, 0.2) is 18.3 Å². The number of ether oxygens (including phenoxy) is 1. The molecule has 0 aromatic carbocycles. The number of nitrogens with zero attached hydrogens (tertiary/aromatic N) is 2. The van der Waals surface area contributed by atoms with Gasteiger partial charge in [0.2, 0.25) is 11.8 Å². The molecule has 32 heavy (non-hydrogen) atoms. The Morgan fingerprint density at radius 3 is 2.38 bits per heavy atom. The molecule has 1 N–H and O–H groups in total. The van der Waals surface area contributed by atoms with Gasteiger partial charge in [0, 0.05) is 31.1 Å². The Balaban J connectivity index is 0.000000360. The average molecular weight is 482 g/mol. The number of rotatable bonds is 4. The van der Waals surface area contributed by atoms with Crippen molar-refractivity contribution in [2.75, 3.05) is 25.4 Å². The van der Waals surface area contributed by atoms with Gasteiger partial charge in [-0.25, -0.2) is 22.6 Å². The van der Waals surface area contributed by atoms with Gasteiger partial charge < -0.3 is 14.7 Å². The first-order chi connectivity index (χ1) is 14.9. The number of pyridine rings is 1. The number of likely N-dealkylation sites (tertiary alicyclic amines) is 1. The van der Waals surface area contributed by atoms with Gasteiger partial charge in [-0.2, -0.15) is 13.2 Å². The van der Waals surface area contributed by atoms with E-state index in [1.165, 1.54) is 18.3 Å². The number of amides is 1. The van der Waals surface area contributed by atoms with E-state index in [0.29, 0.717) is 6.42 Å². The molecule has 178 valence electrons. The van der Waals surface area contributed by atoms with E-state index in [1.54, 1.807) is 4.90 Å². The molecule has 1 atom stereocenters. The molecule has 1 amide bonds. The Kier molecular flexibility index (Phi) is 6.68. The quantitative estimate of drug-likeness (QED) is 0.654. The third kappa shape index (κ3) is 4.66. The van der Waals surface area contributed by atoms with Crippen molar-refractivity contribution in [1.82, 2.24) is 9.88 Å². The molecule has 4 rings (SSSR count). The van der Waals surface area contributed by atoms with Gasteiger partial charge in [0.15, 0.2) is 15.7 Å². The summed E-state index contributed by atoms with van der Waals surface area (Å²) >= 11 is 0. The van der Waals surface area contributed by atoms with Crippen molar-refractivity contribution in [3.8, 4) is 5.88 Å². The van der Waals surface area contributed by atoms with Gasteiger partial charge in [-0.15, -0.1) is 0 Å². The number of hydrogen-bond acceptors (Lipinski definition) is 6. The fraction of sp³-hybridized carbons (Fsp3) is 0.632. The number of alkyl halides is 3. The predicted molar refractivity (Wildman–Crippen MR) is 102 cm³/mol. The van der Waals surface area contributed by atoms with E-state index in [2.05, 4.69) is 4.98 Å². The number of halogens is 4. The highest BCUT2D eigenvalue weighted by atomic mass is 32.2. The van der Waals surface area contributed by atoms with E-state index in [4.69, 9.17) is 14.6 Å². The van der Waals surface area contributed by atoms with Gasteiger partial charge in [-0.3, -0.25) is 4.79 Å². The molecular formula is C19H22F4N2O6S. The Hall–Kier alpha value is -2.44. The molecule has 3 heterocycles. The summed E-state index contributed by atoms with van der Waals surface area (Å²) in [5.41, 5.74) is 0. The van der Waals surface area contributed by atoms with Crippen LogP contribution < -0.4 is 4.74 Å². The second kappa shape index (κ2) is 8.83. The first-order valence-corrected chi connectivity index (χ1v) is 11.6. The highest BCUT2D eigenvalue weighted by molar-refractivity contribution is 7.93. The smallest absolute Gasteiger partial charge is 0.475 e. The minimum Gasteiger partial charge on any atom is -0.475 e. The predicted octanol–water partition coefficient (Wildman–Crippen LogP) is 2.05. The normalized spacial score (nSPS) is 23.5. The summed E-state index contributed by atoms with van der Waals surface area (Å²) in [6.45, 7) is 0.575. The van der Waals surface area contributed by atoms with Crippen LogP contribution in [0.5, 0.6) is 5.88 Å². The lowest BCUT2D eigenvalue weighted by atomic mass is 9.79. The van der Waals surface area contributed by atoms with Crippen molar-refractivity contribution in [3.63, 3.8) is 0 Å². The summed E-state index contributed by atoms with van der Waals surface area (Å²) in [6, 6.07) is 2.73. The van der Waals surface area contributed by atoms with Gasteiger partial charge in [-0.05, 0) is 31.4 Å². The number of sulfone groups is 1. The van der Waals surface area contributed by atoms with E-state index < -0.39 is 32.5 Å². The zero-order chi connectivity index (χ0) is 23.7. The first kappa shape index (κ1) is 24.2. The van der Waals surface area contributed by atoms with Gasteiger partial charge in [0.1, 0.15) is 4.75 Å². The van der Waals surface area contributed by atoms with E-state index in [0.717, 1.165) is 19.3 Å². The molecule has 1 aromatic rings. The van der Waals surface area contributed by atoms with Crippen LogP contribution in [-0.2, 0) is 19.4 Å². The second-order valence-electron chi connectivity index (χ2n) is 8.10. The zero-order valence-corrected chi connectivity index (χ0v) is 17.7. The topological polar surface area (TPSA) is 114 Å². The Bertz CT molecular complexity index is 974. The van der Waals surface area contributed by atoms with Crippen LogP contribution in [0.3, 0.4) is 0 Å². The fourth-order valence-electron chi connectivity index (χ4n) is 4.03. The van der Waals surface area contributed by atoms with Crippen molar-refractivity contribution in [2.24, 2.45) is 11.8 Å². The summed E-state index contributed by atoms with van der Waals surface area (Å²) in [5.74, 6) is -3.43. The molecule has 1 aromatic heterocycles. The third-order valence-corrected chi connectivity index (χ3v) is 8.77. The van der Waals surface area contributed by atoms with Gasteiger partial charge in [0.05, 0.1) is 12.4 Å². The summed E-state index contributed by atoms with van der Waals surface area (Å²) in [5, 5.41) is 7.12. The maximum Gasteiger partial charge on any atom is 0.490 e. The van der Waals surface area contributed by atoms with Crippen molar-refractivity contribution in [3.05, 3.63) is 24.1 Å². The number of aliphatic carboxylic acids is 1. The first-order valence-electron chi connectivity index (χ1n) is 9.92. The zero-order valence-electron chi connectivity index (χ0n) is 16.8. The van der Waals surface area contributed by atoms with E-state index in [-0.39, 0.29) is 49.1 Å². The standard InChI is InChI=1S/C17H21FN2O4S.C2HF3O2/c18-14-5-2-7-19-15(14)24-9-13-6-8-25(22,23)17(13)10-20(11-17)16(21)12-3-1-4-12;3-2(4,5)1(6)7/h2,5,7,12-13H,1,3-4,6,8-11H2;(H,6,7). The van der Waals surface area contributed by atoms with E-state index in [9.17, 15) is 30.8 Å². The largest absolute Gasteiger partial charge is 0.490 e. The fourth-order valence-corrected chi connectivity index (χ4v) is 6.43. The van der Waals surface area contributed by atoms with Crippen molar-refractivity contribution >= 4 is 21.7 Å². The molecule has 1 unspecified atom stereocenters. The van der Waals surface area contributed by atoms with Crippen LogP contribution in [0.25, 0.3) is 0 Å². The lowest BCUT2D eigenvalue weighted by molar-refractivity contribution is -0.192. The summed E-state index contributed by atoms with van der Waals surface area (Å²) in [6.07, 6.45) is -0.300. The van der Waals surface area contributed by atoms with Crippen molar-refractivity contribution in [1.29, 1.82) is 0 Å². The monoisotopic (exact) mass is 482 g/mol. The van der Waals surface area contributed by atoms with Gasteiger partial charge >= 0.3 is 12.1 Å². The van der Waals surface area contributed by atoms with Crippen LogP contribution in [0, 0.1) is 17.7 Å². The molecule has 3 fully saturated rings. The van der Waals surface area contributed by atoms with Crippen molar-refractivity contribution in [2.45, 2.75) is 36.6 Å². The molecule has 1 aliphatic carbocycles. The van der Waals surface area contributed by atoms with Crippen molar-refractivity contribution < 1.29 is 45.4 Å². The molecule has 1 spiro atoms. The highest BCUT2D eigenvalue weighted by Gasteiger charge is 2.63. The van der Waals surface area contributed by atoms with Crippen LogP contribution in [0.1, 0.15) is 25.7 Å². The number of carboxylic acid groups (broad SMARTS) is 1. The molecule has 2 aliphatic heterocycles. The molecule has 3 aliphatic rings. The van der Waals surface area contributed by atoms with E-state index >= 15 is 0 Å². The molecule has 2 saturated heterocycles. The maximum atomic E-state index is 13.6. The van der Waals surface area contributed by atoms with Crippen LogP contribution >= 0.6 is 0 Å². The average Bonchev–Trinajstić information content (AvgIpc) is 2.88. The molecule has 0 radical (unpaired) electrons. The number of hydrogen-bond donors (Lipinski definition) is 1. The minimum absolute atomic E-state index is 0.0683. The summed E-state index contributed by atoms with van der Waals surface area (Å²) in [4.78, 5) is 26.7. The summed E-state index contributed by atoms with van der Waals surface area (Å²) < 4.78 is 75.1. The Morgan fingerprint density at radius 2 is 1.88 bits per heavy atom. The highest BCUT2D eigenvalue weighted by Crippen LogP contribution is 2.46. The number of carboxylic acids is 1. The molecule has 8 nitrogen and oxygen atoms in total. The molecule has 0 bridgehead atoms. The van der Waals surface area contributed by atoms with Crippen LogP contribution in [0.2, 0.25) is 0 Å². The third-order valence-electron chi connectivity index (χ3n) is 6.17. The van der Waals surface area contributed by atoms with Gasteiger partial charge in [0.25, 0.3) is 0 Å². The molecule has 13 heteroatoms. The van der Waals surface area contributed by atoms with Crippen LogP contribution in [-0.4, -0.2) is 71.7 Å². The summed E-state index contributed by atoms with van der Waals surface area (Å²) in [7, 11) is -3.28. The van der Waals surface area contributed by atoms with Crippen LogP contribution in [0.4, 0.5) is 17.6 Å². The molecule has 1 saturated carbocycles. The SMILES string of the molecule is O=C(C1CCC1)N1CC2(C1)C(COc1ncccc1F)CCS2(=O)=O.O=C(O)C(F)(F)F. The second-order valence-corrected chi connectivity index (χ2v) is 10.5. The lowest BCUT2D eigenvalue weighted by Crippen LogP contribution is -2.69. The minimum atomic E-state index is -5.08. The number of aromatic nitrogens is 1. The van der Waals surface area contributed by atoms with E-state index in [1.807, 2.05) is 0 Å².